The molecule has 0 aliphatic carbocycles. The molecule has 0 spiro atoms. The van der Waals surface area contributed by atoms with Crippen molar-refractivity contribution in [3.63, 3.8) is 0 Å². The molecule has 0 saturated carbocycles. The molecule has 0 aliphatic rings. The number of aromatic nitrogens is 2. The zero-order valence-corrected chi connectivity index (χ0v) is 15.1. The minimum absolute atomic E-state index is 0.0999. The third-order valence-corrected chi connectivity index (χ3v) is 5.59. The van der Waals surface area contributed by atoms with Crippen LogP contribution in [0.25, 0.3) is 0 Å². The zero-order valence-electron chi connectivity index (χ0n) is 13.5. The van der Waals surface area contributed by atoms with Crippen LogP contribution in [0, 0.1) is 0 Å². The largest absolute Gasteiger partial charge is 0.497 e. The average Bonchev–Trinajstić information content (AvgIpc) is 3.04. The molecule has 3 aromatic rings. The molecule has 2 aromatic carbocycles. The molecule has 1 heterocycles. The molecule has 134 valence electrons. The van der Waals surface area contributed by atoms with E-state index < -0.39 is 21.6 Å². The molecular formula is C17H13ClN2O5S. The van der Waals surface area contributed by atoms with Crippen LogP contribution < -0.4 is 10.4 Å². The molecule has 0 unspecified atom stereocenters. The average molecular weight is 393 g/mol. The molecule has 0 N–H and O–H groups in total. The summed E-state index contributed by atoms with van der Waals surface area (Å²) >= 11 is 5.77. The van der Waals surface area contributed by atoms with E-state index in [1.807, 2.05) is 0 Å². The Labute approximate surface area is 154 Å². The van der Waals surface area contributed by atoms with Gasteiger partial charge in [0, 0.05) is 23.0 Å². The van der Waals surface area contributed by atoms with Gasteiger partial charge in [0.05, 0.1) is 12.0 Å². The number of carbonyl (C=O) groups is 1. The smallest absolute Gasteiger partial charge is 0.349 e. The number of hydrogen-bond donors (Lipinski definition) is 0. The highest BCUT2D eigenvalue weighted by atomic mass is 35.5. The van der Waals surface area contributed by atoms with Gasteiger partial charge in [-0.15, -0.1) is 0 Å². The van der Waals surface area contributed by atoms with E-state index in [-0.39, 0.29) is 10.5 Å². The monoisotopic (exact) mass is 392 g/mol. The summed E-state index contributed by atoms with van der Waals surface area (Å²) in [6, 6.07) is 11.5. The lowest BCUT2D eigenvalue weighted by atomic mass is 10.2. The maximum Gasteiger partial charge on any atom is 0.349 e. The first kappa shape index (κ1) is 18.0. The van der Waals surface area contributed by atoms with E-state index in [1.165, 1.54) is 55.6 Å². The summed E-state index contributed by atoms with van der Waals surface area (Å²) in [5.74, 6) is -0.179. The van der Waals surface area contributed by atoms with Crippen molar-refractivity contribution in [2.45, 2.75) is 4.90 Å². The Balaban J connectivity index is 2.01. The minimum atomic E-state index is -4.14. The van der Waals surface area contributed by atoms with Crippen LogP contribution >= 0.6 is 11.6 Å². The normalized spacial score (nSPS) is 11.3. The fourth-order valence-electron chi connectivity index (χ4n) is 2.29. The van der Waals surface area contributed by atoms with E-state index in [4.69, 9.17) is 16.3 Å². The molecule has 0 saturated heterocycles. The standard InChI is InChI=1S/C17H13ClN2O5S/c1-25-14-6-8-15(9-7-14)26(23,24)20-11-10-19(17(20)22)16(21)12-2-4-13(18)5-3-12/h2-11H,1H3. The number of nitrogens with zero attached hydrogens (tertiary/aromatic N) is 2. The van der Waals surface area contributed by atoms with E-state index in [1.54, 1.807) is 0 Å². The summed E-state index contributed by atoms with van der Waals surface area (Å²) in [4.78, 5) is 24.8. The molecule has 1 aromatic heterocycles. The zero-order chi connectivity index (χ0) is 18.9. The number of ether oxygens (including phenoxy) is 1. The Bertz CT molecular complexity index is 1110. The molecule has 0 fully saturated rings. The predicted molar refractivity (Wildman–Crippen MR) is 95.5 cm³/mol. The second-order valence-corrected chi connectivity index (χ2v) is 7.49. The molecular weight excluding hydrogens is 380 g/mol. The summed E-state index contributed by atoms with van der Waals surface area (Å²) in [5.41, 5.74) is -0.781. The van der Waals surface area contributed by atoms with Crippen molar-refractivity contribution < 1.29 is 17.9 Å². The van der Waals surface area contributed by atoms with Crippen molar-refractivity contribution in [3.8, 4) is 5.75 Å². The topological polar surface area (TPSA) is 87.4 Å². The molecule has 3 rings (SSSR count). The van der Waals surface area contributed by atoms with Gasteiger partial charge >= 0.3 is 5.69 Å². The van der Waals surface area contributed by atoms with Crippen molar-refractivity contribution in [3.05, 3.63) is 82.0 Å². The van der Waals surface area contributed by atoms with Gasteiger partial charge in [0.25, 0.3) is 15.9 Å². The first-order chi connectivity index (χ1) is 12.3. The van der Waals surface area contributed by atoms with Crippen LogP contribution in [0.4, 0.5) is 0 Å². The van der Waals surface area contributed by atoms with Gasteiger partial charge in [-0.05, 0) is 48.5 Å². The van der Waals surface area contributed by atoms with E-state index in [9.17, 15) is 18.0 Å². The van der Waals surface area contributed by atoms with Crippen LogP contribution in [0.2, 0.25) is 5.02 Å². The van der Waals surface area contributed by atoms with Crippen LogP contribution in [0.5, 0.6) is 5.75 Å². The van der Waals surface area contributed by atoms with Gasteiger partial charge in [-0.2, -0.15) is 3.97 Å². The van der Waals surface area contributed by atoms with E-state index in [0.717, 1.165) is 17.0 Å². The Hall–Kier alpha value is -2.84. The predicted octanol–water partition coefficient (Wildman–Crippen LogP) is 2.24. The lowest BCUT2D eigenvalue weighted by Crippen LogP contribution is -2.32. The Morgan fingerprint density at radius 2 is 1.62 bits per heavy atom. The highest BCUT2D eigenvalue weighted by Crippen LogP contribution is 2.17. The summed E-state index contributed by atoms with van der Waals surface area (Å²) in [6.45, 7) is 0. The Morgan fingerprint density at radius 1 is 1.00 bits per heavy atom. The van der Waals surface area contributed by atoms with E-state index in [2.05, 4.69) is 0 Å². The van der Waals surface area contributed by atoms with Gasteiger partial charge in [0.2, 0.25) is 0 Å². The van der Waals surface area contributed by atoms with Gasteiger partial charge in [-0.3, -0.25) is 4.79 Å². The van der Waals surface area contributed by atoms with Crippen molar-refractivity contribution in [1.29, 1.82) is 0 Å². The van der Waals surface area contributed by atoms with Crippen molar-refractivity contribution in [2.75, 3.05) is 7.11 Å². The molecule has 0 atom stereocenters. The minimum Gasteiger partial charge on any atom is -0.497 e. The third-order valence-electron chi connectivity index (χ3n) is 3.67. The fourth-order valence-corrected chi connectivity index (χ4v) is 3.63. The van der Waals surface area contributed by atoms with Crippen LogP contribution in [-0.4, -0.2) is 30.0 Å². The highest BCUT2D eigenvalue weighted by Gasteiger charge is 2.23. The lowest BCUT2D eigenvalue weighted by Gasteiger charge is -2.06. The third kappa shape index (κ3) is 3.16. The first-order valence-corrected chi connectivity index (χ1v) is 9.16. The lowest BCUT2D eigenvalue weighted by molar-refractivity contribution is 0.0956. The maximum atomic E-state index is 12.7. The quantitative estimate of drug-likeness (QED) is 0.679. The Morgan fingerprint density at radius 3 is 2.19 bits per heavy atom. The number of hydrogen-bond acceptors (Lipinski definition) is 5. The SMILES string of the molecule is COc1ccc(S(=O)(=O)n2ccn(C(=O)c3ccc(Cl)cc3)c2=O)cc1. The number of benzene rings is 2. The molecule has 0 radical (unpaired) electrons. The molecule has 0 amide bonds. The summed E-state index contributed by atoms with van der Waals surface area (Å²) in [7, 11) is -2.69. The molecule has 0 bridgehead atoms. The van der Waals surface area contributed by atoms with Gasteiger partial charge < -0.3 is 4.74 Å². The maximum absolute atomic E-state index is 12.7. The van der Waals surface area contributed by atoms with Crippen LogP contribution in [0.3, 0.4) is 0 Å². The first-order valence-electron chi connectivity index (χ1n) is 7.34. The van der Waals surface area contributed by atoms with Crippen LogP contribution in [0.1, 0.15) is 10.4 Å². The van der Waals surface area contributed by atoms with Crippen molar-refractivity contribution >= 4 is 27.5 Å². The number of imidazole rings is 1. The molecule has 9 heteroatoms. The second-order valence-electron chi connectivity index (χ2n) is 5.24. The molecule has 26 heavy (non-hydrogen) atoms. The van der Waals surface area contributed by atoms with Crippen molar-refractivity contribution in [1.82, 2.24) is 8.54 Å². The summed E-state index contributed by atoms with van der Waals surface area (Å²) in [6.07, 6.45) is 2.15. The number of methoxy groups -OCH3 is 1. The fraction of sp³-hybridized carbons (Fsp3) is 0.0588. The number of halogens is 1. The van der Waals surface area contributed by atoms with Crippen LogP contribution in [0.15, 0.2) is 70.6 Å². The van der Waals surface area contributed by atoms with E-state index >= 15 is 0 Å². The van der Waals surface area contributed by atoms with Crippen LogP contribution in [-0.2, 0) is 10.0 Å². The second kappa shape index (κ2) is 6.81. The molecule has 0 aliphatic heterocycles. The summed E-state index contributed by atoms with van der Waals surface area (Å²) < 4.78 is 31.5. The van der Waals surface area contributed by atoms with Gasteiger partial charge in [0.1, 0.15) is 5.75 Å². The Kier molecular flexibility index (Phi) is 4.71. The van der Waals surface area contributed by atoms with Gasteiger partial charge in [0.15, 0.2) is 0 Å². The summed E-state index contributed by atoms with van der Waals surface area (Å²) in [5, 5.41) is 0.438. The highest BCUT2D eigenvalue weighted by molar-refractivity contribution is 7.90. The number of rotatable bonds is 4. The number of carbonyl (C=O) groups excluding carboxylic acids is 1. The van der Waals surface area contributed by atoms with Gasteiger partial charge in [-0.1, -0.05) is 11.6 Å². The van der Waals surface area contributed by atoms with Crippen molar-refractivity contribution in [2.24, 2.45) is 0 Å². The molecule has 7 nitrogen and oxygen atoms in total. The van der Waals surface area contributed by atoms with E-state index in [0.29, 0.717) is 14.7 Å². The van der Waals surface area contributed by atoms with Gasteiger partial charge in [-0.25, -0.2) is 17.8 Å².